The van der Waals surface area contributed by atoms with E-state index in [2.05, 4.69) is 10.6 Å². The highest BCUT2D eigenvalue weighted by atomic mass is 16.2. The third kappa shape index (κ3) is 4.19. The lowest BCUT2D eigenvalue weighted by molar-refractivity contribution is -0.138. The van der Waals surface area contributed by atoms with E-state index in [1.807, 2.05) is 49.4 Å². The van der Waals surface area contributed by atoms with Gasteiger partial charge in [0.2, 0.25) is 11.8 Å². The molecule has 0 unspecified atom stereocenters. The molecule has 2 N–H and O–H groups in total. The van der Waals surface area contributed by atoms with E-state index in [4.69, 9.17) is 0 Å². The maximum Gasteiger partial charge on any atom is 0.239 e. The van der Waals surface area contributed by atoms with Gasteiger partial charge in [-0.1, -0.05) is 42.5 Å². The Balaban J connectivity index is 1.99. The summed E-state index contributed by atoms with van der Waals surface area (Å²) in [5.74, 6) is -0.625. The number of carbonyl (C=O) groups is 2. The molecule has 0 atom stereocenters. The lowest BCUT2D eigenvalue weighted by Gasteiger charge is -2.23. The molecule has 0 heterocycles. The summed E-state index contributed by atoms with van der Waals surface area (Å²) in [7, 11) is 0. The van der Waals surface area contributed by atoms with Gasteiger partial charge in [-0.15, -0.1) is 0 Å². The first-order valence-electron chi connectivity index (χ1n) is 7.60. The van der Waals surface area contributed by atoms with Gasteiger partial charge in [0, 0.05) is 12.2 Å². The standard InChI is InChI=1S/C19H22N2O2/c1-14-9-7-8-10-15(14)13-20-17(22)19(2,3)18(23)21-16-11-5-4-6-12-16/h4-12H,13H2,1-3H3,(H,20,22)(H,21,23). The molecule has 0 fully saturated rings. The van der Waals surface area contributed by atoms with Gasteiger partial charge in [0.25, 0.3) is 0 Å². The molecule has 0 aromatic heterocycles. The number of benzene rings is 2. The molecule has 0 aliphatic heterocycles. The molecule has 0 aliphatic rings. The Morgan fingerprint density at radius 1 is 0.913 bits per heavy atom. The van der Waals surface area contributed by atoms with E-state index >= 15 is 0 Å². The van der Waals surface area contributed by atoms with Crippen molar-refractivity contribution in [1.29, 1.82) is 0 Å². The van der Waals surface area contributed by atoms with Gasteiger partial charge in [-0.2, -0.15) is 0 Å². The van der Waals surface area contributed by atoms with E-state index in [9.17, 15) is 9.59 Å². The van der Waals surface area contributed by atoms with Crippen LogP contribution in [0.4, 0.5) is 5.69 Å². The quantitative estimate of drug-likeness (QED) is 0.833. The van der Waals surface area contributed by atoms with Crippen molar-refractivity contribution >= 4 is 17.5 Å². The van der Waals surface area contributed by atoms with Crippen LogP contribution in [0, 0.1) is 12.3 Å². The number of carbonyl (C=O) groups excluding carboxylic acids is 2. The molecular weight excluding hydrogens is 288 g/mol. The smallest absolute Gasteiger partial charge is 0.239 e. The van der Waals surface area contributed by atoms with Crippen LogP contribution in [0.5, 0.6) is 0 Å². The molecular formula is C19H22N2O2. The van der Waals surface area contributed by atoms with Gasteiger partial charge in [0.05, 0.1) is 0 Å². The van der Waals surface area contributed by atoms with E-state index in [-0.39, 0.29) is 11.8 Å². The fourth-order valence-corrected chi connectivity index (χ4v) is 2.12. The molecule has 0 radical (unpaired) electrons. The van der Waals surface area contributed by atoms with Gasteiger partial charge in [-0.25, -0.2) is 0 Å². The first-order valence-corrected chi connectivity index (χ1v) is 7.60. The van der Waals surface area contributed by atoms with E-state index in [1.54, 1.807) is 26.0 Å². The normalized spacial score (nSPS) is 10.9. The zero-order chi connectivity index (χ0) is 16.9. The van der Waals surface area contributed by atoms with Crippen molar-refractivity contribution in [2.75, 3.05) is 5.32 Å². The zero-order valence-electron chi connectivity index (χ0n) is 13.7. The summed E-state index contributed by atoms with van der Waals surface area (Å²) in [6, 6.07) is 17.0. The van der Waals surface area contributed by atoms with Crippen molar-refractivity contribution in [3.63, 3.8) is 0 Å². The topological polar surface area (TPSA) is 58.2 Å². The molecule has 0 bridgehead atoms. The fourth-order valence-electron chi connectivity index (χ4n) is 2.12. The van der Waals surface area contributed by atoms with E-state index < -0.39 is 5.41 Å². The molecule has 0 spiro atoms. The SMILES string of the molecule is Cc1ccccc1CNC(=O)C(C)(C)C(=O)Nc1ccccc1. The van der Waals surface area contributed by atoms with Gasteiger partial charge in [-0.3, -0.25) is 9.59 Å². The van der Waals surface area contributed by atoms with Crippen molar-refractivity contribution in [2.45, 2.75) is 27.3 Å². The average molecular weight is 310 g/mol. The Morgan fingerprint density at radius 2 is 1.52 bits per heavy atom. The Labute approximate surface area is 136 Å². The molecule has 4 heteroatoms. The highest BCUT2D eigenvalue weighted by Crippen LogP contribution is 2.19. The molecule has 0 saturated heterocycles. The maximum atomic E-state index is 12.4. The minimum atomic E-state index is -1.15. The van der Waals surface area contributed by atoms with E-state index in [0.717, 1.165) is 11.1 Å². The predicted octanol–water partition coefficient (Wildman–Crippen LogP) is 3.28. The third-order valence-electron chi connectivity index (χ3n) is 3.87. The van der Waals surface area contributed by atoms with Gasteiger partial charge in [0.15, 0.2) is 0 Å². The molecule has 0 saturated carbocycles. The van der Waals surface area contributed by atoms with Crippen LogP contribution in [-0.4, -0.2) is 11.8 Å². The Hall–Kier alpha value is -2.62. The summed E-state index contributed by atoms with van der Waals surface area (Å²) in [6.45, 7) is 5.65. The maximum absolute atomic E-state index is 12.4. The third-order valence-corrected chi connectivity index (χ3v) is 3.87. The second kappa shape index (κ2) is 7.09. The summed E-state index contributed by atoms with van der Waals surface area (Å²) in [5, 5.41) is 5.62. The Bertz CT molecular complexity index is 694. The number of nitrogens with one attached hydrogen (secondary N) is 2. The van der Waals surface area contributed by atoms with Crippen LogP contribution in [-0.2, 0) is 16.1 Å². The summed E-state index contributed by atoms with van der Waals surface area (Å²) < 4.78 is 0. The van der Waals surface area contributed by atoms with Gasteiger partial charge >= 0.3 is 0 Å². The fraction of sp³-hybridized carbons (Fsp3) is 0.263. The van der Waals surface area contributed by atoms with Crippen molar-refractivity contribution < 1.29 is 9.59 Å². The lowest BCUT2D eigenvalue weighted by atomic mass is 9.90. The minimum absolute atomic E-state index is 0.297. The van der Waals surface area contributed by atoms with E-state index in [0.29, 0.717) is 12.2 Å². The highest BCUT2D eigenvalue weighted by molar-refractivity contribution is 6.09. The van der Waals surface area contributed by atoms with Crippen LogP contribution in [0.3, 0.4) is 0 Å². The summed E-state index contributed by atoms with van der Waals surface area (Å²) in [5.41, 5.74) is 1.68. The van der Waals surface area contributed by atoms with Crippen LogP contribution in [0.25, 0.3) is 0 Å². The second-order valence-corrected chi connectivity index (χ2v) is 6.05. The lowest BCUT2D eigenvalue weighted by Crippen LogP contribution is -2.44. The van der Waals surface area contributed by atoms with Crippen LogP contribution >= 0.6 is 0 Å². The number of aryl methyl sites for hydroxylation is 1. The molecule has 2 rings (SSSR count). The zero-order valence-corrected chi connectivity index (χ0v) is 13.7. The second-order valence-electron chi connectivity index (χ2n) is 6.05. The molecule has 2 amide bonds. The summed E-state index contributed by atoms with van der Waals surface area (Å²) >= 11 is 0. The number of anilines is 1. The Kier molecular flexibility index (Phi) is 5.16. The number of hydrogen-bond donors (Lipinski definition) is 2. The number of para-hydroxylation sites is 1. The van der Waals surface area contributed by atoms with Gasteiger partial charge < -0.3 is 10.6 Å². The first-order chi connectivity index (χ1) is 10.9. The summed E-state index contributed by atoms with van der Waals surface area (Å²) in [4.78, 5) is 24.8. The highest BCUT2D eigenvalue weighted by Gasteiger charge is 2.35. The van der Waals surface area contributed by atoms with Crippen molar-refractivity contribution in [2.24, 2.45) is 5.41 Å². The van der Waals surface area contributed by atoms with E-state index in [1.165, 1.54) is 0 Å². The van der Waals surface area contributed by atoms with Crippen molar-refractivity contribution in [3.8, 4) is 0 Å². The Morgan fingerprint density at radius 3 is 2.17 bits per heavy atom. The van der Waals surface area contributed by atoms with Gasteiger partial charge in [-0.05, 0) is 44.0 Å². The average Bonchev–Trinajstić information content (AvgIpc) is 2.54. The minimum Gasteiger partial charge on any atom is -0.351 e. The van der Waals surface area contributed by atoms with Crippen molar-refractivity contribution in [1.82, 2.24) is 5.32 Å². The molecule has 4 nitrogen and oxygen atoms in total. The largest absolute Gasteiger partial charge is 0.351 e. The summed E-state index contributed by atoms with van der Waals surface area (Å²) in [6.07, 6.45) is 0. The molecule has 23 heavy (non-hydrogen) atoms. The van der Waals surface area contributed by atoms with Crippen LogP contribution < -0.4 is 10.6 Å². The number of rotatable bonds is 5. The van der Waals surface area contributed by atoms with Crippen LogP contribution in [0.15, 0.2) is 54.6 Å². The number of hydrogen-bond acceptors (Lipinski definition) is 2. The molecule has 2 aromatic rings. The van der Waals surface area contributed by atoms with Crippen molar-refractivity contribution in [3.05, 3.63) is 65.7 Å². The molecule has 120 valence electrons. The van der Waals surface area contributed by atoms with Crippen LogP contribution in [0.2, 0.25) is 0 Å². The molecule has 2 aromatic carbocycles. The predicted molar refractivity (Wildman–Crippen MR) is 91.9 cm³/mol. The monoisotopic (exact) mass is 310 g/mol. The van der Waals surface area contributed by atoms with Crippen LogP contribution in [0.1, 0.15) is 25.0 Å². The first kappa shape index (κ1) is 16.7. The molecule has 0 aliphatic carbocycles. The van der Waals surface area contributed by atoms with Gasteiger partial charge in [0.1, 0.15) is 5.41 Å². The number of amides is 2.